The monoisotopic (exact) mass is 210 g/mol. The zero-order valence-corrected chi connectivity index (χ0v) is 9.34. The summed E-state index contributed by atoms with van der Waals surface area (Å²) in [5.74, 6) is -0.0934. The van der Waals surface area contributed by atoms with Crippen molar-refractivity contribution in [3.63, 3.8) is 0 Å². The van der Waals surface area contributed by atoms with Gasteiger partial charge in [-0.1, -0.05) is 38.1 Å². The van der Waals surface area contributed by atoms with Gasteiger partial charge in [-0.15, -0.1) is 0 Å². The van der Waals surface area contributed by atoms with Gasteiger partial charge in [-0.3, -0.25) is 4.79 Å². The predicted octanol–water partition coefficient (Wildman–Crippen LogP) is 3.19. The number of hydrogen-bond donors (Lipinski definition) is 0. The van der Waals surface area contributed by atoms with E-state index in [1.807, 2.05) is 6.92 Å². The fraction of sp³-hybridized carbons (Fsp3) is 0.417. The molecule has 0 N–H and O–H groups in total. The van der Waals surface area contributed by atoms with Crippen LogP contribution < -0.4 is 0 Å². The highest BCUT2D eigenvalue weighted by Gasteiger charge is 2.09. The summed E-state index contributed by atoms with van der Waals surface area (Å²) in [6, 6.07) is 8.33. The highest BCUT2D eigenvalue weighted by molar-refractivity contribution is 6.63. The van der Waals surface area contributed by atoms with Gasteiger partial charge in [0.15, 0.2) is 0 Å². The first-order valence-electron chi connectivity index (χ1n) is 4.90. The zero-order valence-electron chi connectivity index (χ0n) is 8.59. The fourth-order valence-corrected chi connectivity index (χ4v) is 1.42. The second kappa shape index (κ2) is 5.16. The number of hydrogen-bond acceptors (Lipinski definition) is 1. The van der Waals surface area contributed by atoms with Crippen LogP contribution in [0.25, 0.3) is 0 Å². The van der Waals surface area contributed by atoms with Crippen molar-refractivity contribution in [1.29, 1.82) is 0 Å². The average molecular weight is 211 g/mol. The minimum absolute atomic E-state index is 0.0934. The number of carbonyl (C=O) groups is 1. The van der Waals surface area contributed by atoms with Gasteiger partial charge in [0, 0.05) is 5.92 Å². The molecule has 0 radical (unpaired) electrons. The summed E-state index contributed by atoms with van der Waals surface area (Å²) in [5.41, 5.74) is 2.49. The lowest BCUT2D eigenvalue weighted by molar-refractivity contribution is -0.114. The summed E-state index contributed by atoms with van der Waals surface area (Å²) < 4.78 is 0. The van der Waals surface area contributed by atoms with Crippen LogP contribution in [0.15, 0.2) is 24.3 Å². The first kappa shape index (κ1) is 11.3. The van der Waals surface area contributed by atoms with E-state index in [0.717, 1.165) is 12.8 Å². The minimum Gasteiger partial charge on any atom is -0.281 e. The molecule has 0 amide bonds. The van der Waals surface area contributed by atoms with Crippen molar-refractivity contribution in [2.75, 3.05) is 0 Å². The van der Waals surface area contributed by atoms with Crippen LogP contribution >= 0.6 is 11.6 Å². The molecular weight excluding hydrogens is 196 g/mol. The van der Waals surface area contributed by atoms with Crippen LogP contribution in [0, 0.1) is 5.92 Å². The van der Waals surface area contributed by atoms with Crippen molar-refractivity contribution in [1.82, 2.24) is 0 Å². The summed E-state index contributed by atoms with van der Waals surface area (Å²) in [4.78, 5) is 10.8. The Balaban J connectivity index is 2.64. The molecule has 0 aliphatic carbocycles. The molecule has 0 saturated carbocycles. The molecule has 0 aromatic heterocycles. The van der Waals surface area contributed by atoms with E-state index in [4.69, 9.17) is 11.6 Å². The topological polar surface area (TPSA) is 17.1 Å². The van der Waals surface area contributed by atoms with E-state index in [0.29, 0.717) is 0 Å². The lowest BCUT2D eigenvalue weighted by Gasteiger charge is -2.06. The Labute approximate surface area is 90.1 Å². The van der Waals surface area contributed by atoms with Crippen molar-refractivity contribution in [2.24, 2.45) is 5.92 Å². The molecule has 0 aliphatic rings. The normalized spacial score (nSPS) is 12.5. The molecular formula is C12H15ClO. The Morgan fingerprint density at radius 1 is 1.29 bits per heavy atom. The lowest BCUT2D eigenvalue weighted by Crippen LogP contribution is -2.07. The SMILES string of the molecule is CCc1ccc(CC(C)C(=O)Cl)cc1. The second-order valence-electron chi connectivity index (χ2n) is 3.58. The van der Waals surface area contributed by atoms with Crippen molar-refractivity contribution in [3.8, 4) is 0 Å². The molecule has 0 spiro atoms. The highest BCUT2D eigenvalue weighted by Crippen LogP contribution is 2.12. The van der Waals surface area contributed by atoms with E-state index in [9.17, 15) is 4.79 Å². The molecule has 2 heteroatoms. The zero-order chi connectivity index (χ0) is 10.6. The third kappa shape index (κ3) is 3.15. The van der Waals surface area contributed by atoms with Crippen LogP contribution in [0.2, 0.25) is 0 Å². The molecule has 1 rings (SSSR count). The molecule has 0 heterocycles. The molecule has 0 aliphatic heterocycles. The molecule has 0 fully saturated rings. The summed E-state index contributed by atoms with van der Waals surface area (Å²) >= 11 is 5.40. The molecule has 0 bridgehead atoms. The number of benzene rings is 1. The lowest BCUT2D eigenvalue weighted by atomic mass is 10.0. The highest BCUT2D eigenvalue weighted by atomic mass is 35.5. The first-order valence-corrected chi connectivity index (χ1v) is 5.28. The van der Waals surface area contributed by atoms with E-state index >= 15 is 0 Å². The van der Waals surface area contributed by atoms with Crippen molar-refractivity contribution in [3.05, 3.63) is 35.4 Å². The molecule has 1 unspecified atom stereocenters. The first-order chi connectivity index (χ1) is 6.63. The van der Waals surface area contributed by atoms with Crippen molar-refractivity contribution >= 4 is 16.8 Å². The van der Waals surface area contributed by atoms with Crippen LogP contribution in [0.4, 0.5) is 0 Å². The Kier molecular flexibility index (Phi) is 4.15. The van der Waals surface area contributed by atoms with Gasteiger partial charge in [0.25, 0.3) is 0 Å². The van der Waals surface area contributed by atoms with E-state index in [1.165, 1.54) is 11.1 Å². The third-order valence-corrected chi connectivity index (χ3v) is 2.73. The number of carbonyl (C=O) groups excluding carboxylic acids is 1. The smallest absolute Gasteiger partial charge is 0.224 e. The molecule has 1 nitrogen and oxygen atoms in total. The quantitative estimate of drug-likeness (QED) is 0.698. The minimum atomic E-state index is -0.260. The molecule has 1 aromatic rings. The van der Waals surface area contributed by atoms with Crippen LogP contribution in [-0.4, -0.2) is 5.24 Å². The maximum absolute atomic E-state index is 10.8. The standard InChI is InChI=1S/C12H15ClO/c1-3-10-4-6-11(7-5-10)8-9(2)12(13)14/h4-7,9H,3,8H2,1-2H3. The Bertz CT molecular complexity index is 303. The van der Waals surface area contributed by atoms with Gasteiger partial charge in [-0.2, -0.15) is 0 Å². The van der Waals surface area contributed by atoms with Gasteiger partial charge >= 0.3 is 0 Å². The summed E-state index contributed by atoms with van der Waals surface area (Å²) in [5, 5.41) is -0.260. The summed E-state index contributed by atoms with van der Waals surface area (Å²) in [7, 11) is 0. The van der Waals surface area contributed by atoms with Gasteiger partial charge in [-0.05, 0) is 35.6 Å². The molecule has 1 aromatic carbocycles. The van der Waals surface area contributed by atoms with Crippen LogP contribution in [0.5, 0.6) is 0 Å². The molecule has 14 heavy (non-hydrogen) atoms. The van der Waals surface area contributed by atoms with E-state index in [1.54, 1.807) is 0 Å². The van der Waals surface area contributed by atoms with Gasteiger partial charge in [0.05, 0.1) is 0 Å². The van der Waals surface area contributed by atoms with Gasteiger partial charge in [0.2, 0.25) is 5.24 Å². The van der Waals surface area contributed by atoms with Gasteiger partial charge < -0.3 is 0 Å². The molecule has 1 atom stereocenters. The number of aryl methyl sites for hydroxylation is 1. The van der Waals surface area contributed by atoms with E-state index in [-0.39, 0.29) is 11.2 Å². The fourth-order valence-electron chi connectivity index (χ4n) is 1.34. The van der Waals surface area contributed by atoms with Gasteiger partial charge in [-0.25, -0.2) is 0 Å². The Morgan fingerprint density at radius 2 is 1.79 bits per heavy atom. The van der Waals surface area contributed by atoms with Gasteiger partial charge in [0.1, 0.15) is 0 Å². The van der Waals surface area contributed by atoms with Crippen LogP contribution in [-0.2, 0) is 17.6 Å². The number of halogens is 1. The molecule has 76 valence electrons. The van der Waals surface area contributed by atoms with Crippen molar-refractivity contribution < 1.29 is 4.79 Å². The average Bonchev–Trinajstić information content (AvgIpc) is 2.19. The largest absolute Gasteiger partial charge is 0.281 e. The molecule has 0 saturated heterocycles. The Morgan fingerprint density at radius 3 is 2.21 bits per heavy atom. The summed E-state index contributed by atoms with van der Waals surface area (Å²) in [6.07, 6.45) is 1.77. The maximum atomic E-state index is 10.8. The second-order valence-corrected chi connectivity index (χ2v) is 3.95. The van der Waals surface area contributed by atoms with Crippen LogP contribution in [0.1, 0.15) is 25.0 Å². The van der Waals surface area contributed by atoms with E-state index < -0.39 is 0 Å². The van der Waals surface area contributed by atoms with Crippen molar-refractivity contribution in [2.45, 2.75) is 26.7 Å². The maximum Gasteiger partial charge on any atom is 0.224 e. The summed E-state index contributed by atoms with van der Waals surface area (Å²) in [6.45, 7) is 3.98. The van der Waals surface area contributed by atoms with Crippen LogP contribution in [0.3, 0.4) is 0 Å². The van der Waals surface area contributed by atoms with E-state index in [2.05, 4.69) is 31.2 Å². The third-order valence-electron chi connectivity index (χ3n) is 2.36. The number of rotatable bonds is 4. The predicted molar refractivity (Wildman–Crippen MR) is 59.5 cm³/mol. The Hall–Kier alpha value is -0.820.